The zero-order valence-electron chi connectivity index (χ0n) is 15.3. The van der Waals surface area contributed by atoms with Crippen molar-refractivity contribution in [3.63, 3.8) is 0 Å². The van der Waals surface area contributed by atoms with E-state index >= 15 is 4.39 Å². The molecule has 0 aliphatic heterocycles. The van der Waals surface area contributed by atoms with E-state index in [1.54, 1.807) is 6.92 Å². The molecule has 3 heteroatoms. The van der Waals surface area contributed by atoms with Gasteiger partial charge in [0.15, 0.2) is 0 Å². The highest BCUT2D eigenvalue weighted by Gasteiger charge is 2.62. The molecular formula is C21H31FO2. The van der Waals surface area contributed by atoms with Gasteiger partial charge in [0.05, 0.1) is 0 Å². The molecule has 0 heterocycles. The van der Waals surface area contributed by atoms with Crippen LogP contribution in [0.15, 0.2) is 0 Å². The summed E-state index contributed by atoms with van der Waals surface area (Å²) in [4.78, 5) is 24.1. The highest BCUT2D eigenvalue weighted by atomic mass is 19.1. The second kappa shape index (κ2) is 5.38. The van der Waals surface area contributed by atoms with E-state index < -0.39 is 6.17 Å². The Morgan fingerprint density at radius 3 is 2.46 bits per heavy atom. The molecule has 0 N–H and O–H groups in total. The molecule has 4 aliphatic carbocycles. The molecule has 2 unspecified atom stereocenters. The largest absolute Gasteiger partial charge is 0.300 e. The quantitative estimate of drug-likeness (QED) is 0.693. The lowest BCUT2D eigenvalue weighted by atomic mass is 9.44. The van der Waals surface area contributed by atoms with Crippen molar-refractivity contribution in [1.29, 1.82) is 0 Å². The number of ketones is 2. The molecule has 0 aromatic carbocycles. The second-order valence-electron chi connectivity index (χ2n) is 9.77. The van der Waals surface area contributed by atoms with Crippen molar-refractivity contribution in [1.82, 2.24) is 0 Å². The van der Waals surface area contributed by atoms with Crippen LogP contribution in [0.4, 0.5) is 4.39 Å². The fraction of sp³-hybridized carbons (Fsp3) is 0.905. The minimum Gasteiger partial charge on any atom is -0.300 e. The summed E-state index contributed by atoms with van der Waals surface area (Å²) in [6, 6.07) is 0. The first-order valence-electron chi connectivity index (χ1n) is 9.93. The first kappa shape index (κ1) is 16.7. The summed E-state index contributed by atoms with van der Waals surface area (Å²) in [5, 5.41) is 0. The number of halogens is 1. The van der Waals surface area contributed by atoms with Crippen LogP contribution in [-0.4, -0.2) is 17.7 Å². The van der Waals surface area contributed by atoms with E-state index in [-0.39, 0.29) is 28.4 Å². The lowest BCUT2D eigenvalue weighted by molar-refractivity contribution is -0.155. The third kappa shape index (κ3) is 2.12. The number of hydrogen-bond acceptors (Lipinski definition) is 2. The fourth-order valence-electron chi connectivity index (χ4n) is 7.70. The van der Waals surface area contributed by atoms with Crippen molar-refractivity contribution in [2.24, 2.45) is 40.4 Å². The van der Waals surface area contributed by atoms with Crippen LogP contribution in [0.5, 0.6) is 0 Å². The van der Waals surface area contributed by atoms with Gasteiger partial charge in [-0.25, -0.2) is 4.39 Å². The number of carbonyl (C=O) groups excluding carboxylic acids is 2. The number of Topliss-reactive ketones (excluding diaryl/α,β-unsaturated/α-hetero) is 2. The Labute approximate surface area is 145 Å². The van der Waals surface area contributed by atoms with Gasteiger partial charge in [-0.2, -0.15) is 0 Å². The zero-order chi connectivity index (χ0) is 17.3. The van der Waals surface area contributed by atoms with Gasteiger partial charge in [-0.05, 0) is 74.0 Å². The predicted octanol–water partition coefficient (Wildman–Crippen LogP) is 4.75. The molecule has 134 valence electrons. The maximum absolute atomic E-state index is 15.1. The molecule has 2 nitrogen and oxygen atoms in total. The molecule has 0 saturated heterocycles. The Morgan fingerprint density at radius 1 is 1.04 bits per heavy atom. The van der Waals surface area contributed by atoms with Gasteiger partial charge in [0.25, 0.3) is 0 Å². The molecule has 24 heavy (non-hydrogen) atoms. The van der Waals surface area contributed by atoms with Crippen LogP contribution >= 0.6 is 0 Å². The standard InChI is InChI=1S/C21H31FO2/c1-12(23)15-4-5-16-14-11-19(22)18-10-13(24)6-8-21(18,3)17(14)7-9-20(15,16)2/h14-19H,4-11H2,1-3H3/t14-,15+,16-,17-,18?,19?,20+,21+/m0/s1. The molecule has 4 rings (SSSR count). The Bertz CT molecular complexity index is 572. The van der Waals surface area contributed by atoms with Gasteiger partial charge in [-0.3, -0.25) is 9.59 Å². The maximum atomic E-state index is 15.1. The SMILES string of the molecule is CC(=O)[C@H]1CC[C@H]2[C@@H]3CC(F)C4CC(=O)CC[C@]4(C)[C@H]3CC[C@]12C. The summed E-state index contributed by atoms with van der Waals surface area (Å²) in [6.45, 7) is 6.32. The molecular weight excluding hydrogens is 303 g/mol. The van der Waals surface area contributed by atoms with Crippen LogP contribution in [-0.2, 0) is 9.59 Å². The van der Waals surface area contributed by atoms with Crippen LogP contribution in [0.25, 0.3) is 0 Å². The van der Waals surface area contributed by atoms with Gasteiger partial charge >= 0.3 is 0 Å². The summed E-state index contributed by atoms with van der Waals surface area (Å²) in [5.41, 5.74) is 0.0757. The van der Waals surface area contributed by atoms with E-state index in [1.165, 1.54) is 0 Å². The smallest absolute Gasteiger partial charge is 0.133 e. The monoisotopic (exact) mass is 334 g/mol. The van der Waals surface area contributed by atoms with Gasteiger partial charge in [-0.1, -0.05) is 13.8 Å². The first-order valence-corrected chi connectivity index (χ1v) is 9.93. The Kier molecular flexibility index (Phi) is 3.75. The van der Waals surface area contributed by atoms with E-state index in [1.807, 2.05) is 0 Å². The van der Waals surface area contributed by atoms with Crippen molar-refractivity contribution in [3.8, 4) is 0 Å². The lowest BCUT2D eigenvalue weighted by Crippen LogP contribution is -2.57. The minimum atomic E-state index is -0.834. The third-order valence-corrected chi connectivity index (χ3v) is 8.95. The Hall–Kier alpha value is -0.730. The molecule has 0 amide bonds. The van der Waals surface area contributed by atoms with E-state index in [4.69, 9.17) is 0 Å². The number of alkyl halides is 1. The van der Waals surface area contributed by atoms with E-state index in [0.717, 1.165) is 32.1 Å². The Morgan fingerprint density at radius 2 is 1.75 bits per heavy atom. The summed E-state index contributed by atoms with van der Waals surface area (Å²) in [6.07, 6.45) is 6.08. The molecule has 4 fully saturated rings. The molecule has 0 radical (unpaired) electrons. The van der Waals surface area contributed by atoms with E-state index in [0.29, 0.717) is 42.8 Å². The third-order valence-electron chi connectivity index (χ3n) is 8.95. The highest BCUT2D eigenvalue weighted by molar-refractivity contribution is 5.80. The molecule has 0 aromatic heterocycles. The van der Waals surface area contributed by atoms with Crippen molar-refractivity contribution < 1.29 is 14.0 Å². The minimum absolute atomic E-state index is 0.00805. The van der Waals surface area contributed by atoms with Crippen LogP contribution < -0.4 is 0 Å². The number of hydrogen-bond donors (Lipinski definition) is 0. The van der Waals surface area contributed by atoms with Crippen molar-refractivity contribution in [2.45, 2.75) is 78.3 Å². The Balaban J connectivity index is 1.67. The van der Waals surface area contributed by atoms with Gasteiger partial charge in [0.1, 0.15) is 17.7 Å². The van der Waals surface area contributed by atoms with E-state index in [9.17, 15) is 9.59 Å². The molecule has 0 bridgehead atoms. The normalized spacial score (nSPS) is 53.9. The first-order chi connectivity index (χ1) is 11.3. The topological polar surface area (TPSA) is 34.1 Å². The summed E-state index contributed by atoms with van der Waals surface area (Å²) in [7, 11) is 0. The lowest BCUT2D eigenvalue weighted by Gasteiger charge is -2.60. The molecule has 0 aromatic rings. The van der Waals surface area contributed by atoms with Crippen LogP contribution in [0.3, 0.4) is 0 Å². The van der Waals surface area contributed by atoms with Crippen molar-refractivity contribution >= 4 is 11.6 Å². The average molecular weight is 334 g/mol. The highest BCUT2D eigenvalue weighted by Crippen LogP contribution is 2.67. The number of rotatable bonds is 1. The summed E-state index contributed by atoms with van der Waals surface area (Å²) < 4.78 is 15.1. The van der Waals surface area contributed by atoms with Gasteiger partial charge in [-0.15, -0.1) is 0 Å². The second-order valence-corrected chi connectivity index (χ2v) is 9.77. The maximum Gasteiger partial charge on any atom is 0.133 e. The molecule has 4 aliphatic rings. The summed E-state index contributed by atoms with van der Waals surface area (Å²) >= 11 is 0. The van der Waals surface area contributed by atoms with Gasteiger partial charge in [0.2, 0.25) is 0 Å². The van der Waals surface area contributed by atoms with Crippen molar-refractivity contribution in [2.75, 3.05) is 0 Å². The van der Waals surface area contributed by atoms with Crippen LogP contribution in [0.1, 0.15) is 72.1 Å². The molecule has 0 spiro atoms. The summed E-state index contributed by atoms with van der Waals surface area (Å²) in [5.74, 6) is 2.17. The fourth-order valence-corrected chi connectivity index (χ4v) is 7.70. The van der Waals surface area contributed by atoms with Gasteiger partial charge < -0.3 is 0 Å². The van der Waals surface area contributed by atoms with Gasteiger partial charge in [0, 0.05) is 24.7 Å². The number of carbonyl (C=O) groups is 2. The molecule has 8 atom stereocenters. The number of fused-ring (bicyclic) bond motifs is 5. The zero-order valence-corrected chi connectivity index (χ0v) is 15.3. The average Bonchev–Trinajstić information content (AvgIpc) is 2.87. The predicted molar refractivity (Wildman–Crippen MR) is 91.2 cm³/mol. The molecule has 4 saturated carbocycles. The van der Waals surface area contributed by atoms with Crippen LogP contribution in [0.2, 0.25) is 0 Å². The van der Waals surface area contributed by atoms with E-state index in [2.05, 4.69) is 13.8 Å². The van der Waals surface area contributed by atoms with Crippen molar-refractivity contribution in [3.05, 3.63) is 0 Å². The van der Waals surface area contributed by atoms with Crippen LogP contribution in [0, 0.1) is 40.4 Å².